The van der Waals surface area contributed by atoms with Crippen LogP contribution < -0.4 is 9.47 Å². The normalized spacial score (nSPS) is 18.4. The van der Waals surface area contributed by atoms with Crippen molar-refractivity contribution in [3.05, 3.63) is 88.0 Å². The van der Waals surface area contributed by atoms with Gasteiger partial charge < -0.3 is 24.0 Å². The molecule has 0 radical (unpaired) electrons. The van der Waals surface area contributed by atoms with E-state index in [1.165, 1.54) is 23.1 Å². The lowest BCUT2D eigenvalue weighted by molar-refractivity contribution is -0.384. The van der Waals surface area contributed by atoms with Crippen LogP contribution in [0.2, 0.25) is 0 Å². The number of aromatic nitrogens is 2. The zero-order valence-corrected chi connectivity index (χ0v) is 19.1. The summed E-state index contributed by atoms with van der Waals surface area (Å²) in [4.78, 5) is 42.5. The minimum Gasteiger partial charge on any atom is -0.507 e. The van der Waals surface area contributed by atoms with E-state index in [1.54, 1.807) is 43.0 Å². The lowest BCUT2D eigenvalue weighted by Gasteiger charge is -2.25. The van der Waals surface area contributed by atoms with E-state index in [2.05, 4.69) is 4.98 Å². The third kappa shape index (κ3) is 4.26. The summed E-state index contributed by atoms with van der Waals surface area (Å²) in [6.45, 7) is 1.47. The number of hydrogen-bond donors (Lipinski definition) is 1. The van der Waals surface area contributed by atoms with Gasteiger partial charge in [0, 0.05) is 43.2 Å². The van der Waals surface area contributed by atoms with Crippen LogP contribution in [0.15, 0.2) is 66.8 Å². The van der Waals surface area contributed by atoms with Crippen molar-refractivity contribution in [3.63, 3.8) is 0 Å². The predicted octanol–water partition coefficient (Wildman–Crippen LogP) is 3.07. The van der Waals surface area contributed by atoms with Crippen LogP contribution in [0, 0.1) is 10.1 Å². The van der Waals surface area contributed by atoms with Crippen LogP contribution in [0.4, 0.5) is 5.69 Å². The molecule has 5 rings (SSSR count). The first kappa shape index (κ1) is 23.1. The maximum absolute atomic E-state index is 13.2. The molecule has 2 aliphatic rings. The number of amides is 1. The van der Waals surface area contributed by atoms with Gasteiger partial charge in [-0.1, -0.05) is 12.1 Å². The van der Waals surface area contributed by atoms with Crippen molar-refractivity contribution in [1.82, 2.24) is 14.5 Å². The van der Waals surface area contributed by atoms with E-state index in [1.807, 2.05) is 4.57 Å². The highest BCUT2D eigenvalue weighted by Crippen LogP contribution is 2.41. The summed E-state index contributed by atoms with van der Waals surface area (Å²) in [5.41, 5.74) is 0.298. The molecule has 1 N–H and O–H groups in total. The van der Waals surface area contributed by atoms with Crippen molar-refractivity contribution in [2.24, 2.45) is 0 Å². The molecule has 0 bridgehead atoms. The highest BCUT2D eigenvalue weighted by molar-refractivity contribution is 6.46. The van der Waals surface area contributed by atoms with Gasteiger partial charge in [0.2, 0.25) is 0 Å². The number of benzene rings is 2. The largest absolute Gasteiger partial charge is 0.507 e. The number of carbonyl (C=O) groups is 2. The minimum atomic E-state index is -0.999. The first-order valence-electron chi connectivity index (χ1n) is 11.3. The van der Waals surface area contributed by atoms with Gasteiger partial charge in [-0.2, -0.15) is 0 Å². The molecular formula is C25H22N4O7. The van der Waals surface area contributed by atoms with Crippen LogP contribution in [-0.2, 0) is 16.1 Å². The van der Waals surface area contributed by atoms with Crippen molar-refractivity contribution in [3.8, 4) is 11.5 Å². The summed E-state index contributed by atoms with van der Waals surface area (Å²) in [6, 6.07) is 9.47. The Bertz CT molecular complexity index is 1370. The molecular weight excluding hydrogens is 468 g/mol. The van der Waals surface area contributed by atoms with E-state index in [0.717, 1.165) is 0 Å². The number of aryl methyl sites for hydroxylation is 1. The van der Waals surface area contributed by atoms with Crippen LogP contribution in [-0.4, -0.2) is 55.9 Å². The van der Waals surface area contributed by atoms with Gasteiger partial charge in [0.25, 0.3) is 17.4 Å². The molecule has 3 aromatic rings. The fraction of sp³-hybridized carbons (Fsp3) is 0.240. The standard InChI is InChI=1S/C25H22N4O7/c30-23(17-5-6-19-20(14-17)36-12-11-35-19)21-22(16-3-1-4-18(13-16)29(33)34)28(25(32)24(21)31)9-2-8-27-10-7-26-15-27/h1,3-7,10,13-15,22,30H,2,8-9,11-12H2/b23-21+/t22-/m0/s1. The van der Waals surface area contributed by atoms with E-state index in [-0.39, 0.29) is 29.1 Å². The first-order chi connectivity index (χ1) is 17.4. The number of aliphatic hydroxyl groups excluding tert-OH is 1. The number of nitro benzene ring substituents is 1. The molecule has 0 aliphatic carbocycles. The number of Topliss-reactive ketones (excluding diaryl/α,β-unsaturated/α-hetero) is 1. The predicted molar refractivity (Wildman–Crippen MR) is 126 cm³/mol. The van der Waals surface area contributed by atoms with Crippen molar-refractivity contribution in [1.29, 1.82) is 0 Å². The molecule has 1 fully saturated rings. The Labute approximate surface area is 205 Å². The van der Waals surface area contributed by atoms with E-state index in [9.17, 15) is 24.8 Å². The zero-order valence-electron chi connectivity index (χ0n) is 19.1. The molecule has 184 valence electrons. The molecule has 11 heteroatoms. The average Bonchev–Trinajstić information content (AvgIpc) is 3.50. The molecule has 2 aliphatic heterocycles. The summed E-state index contributed by atoms with van der Waals surface area (Å²) < 4.78 is 12.9. The fourth-order valence-corrected chi connectivity index (χ4v) is 4.45. The van der Waals surface area contributed by atoms with E-state index < -0.39 is 22.7 Å². The van der Waals surface area contributed by atoms with Crippen LogP contribution >= 0.6 is 0 Å². The van der Waals surface area contributed by atoms with E-state index in [0.29, 0.717) is 43.2 Å². The second-order valence-corrected chi connectivity index (χ2v) is 8.36. The van der Waals surface area contributed by atoms with Crippen LogP contribution in [0.25, 0.3) is 5.76 Å². The second kappa shape index (κ2) is 9.53. The van der Waals surface area contributed by atoms with Crippen molar-refractivity contribution >= 4 is 23.1 Å². The molecule has 0 unspecified atom stereocenters. The lowest BCUT2D eigenvalue weighted by atomic mass is 9.94. The third-order valence-corrected chi connectivity index (χ3v) is 6.13. The van der Waals surface area contributed by atoms with Gasteiger partial charge in [-0.25, -0.2) is 4.98 Å². The summed E-state index contributed by atoms with van der Waals surface area (Å²) in [5, 5.41) is 22.7. The number of imidazole rings is 1. The topological polar surface area (TPSA) is 137 Å². The number of aliphatic hydroxyl groups is 1. The zero-order chi connectivity index (χ0) is 25.2. The average molecular weight is 490 g/mol. The SMILES string of the molecule is O=C1C(=O)N(CCCn2ccnc2)[C@@H](c2cccc([N+](=O)[O-])c2)/C1=C(\O)c1ccc2c(c1)OCCO2. The van der Waals surface area contributed by atoms with E-state index >= 15 is 0 Å². The van der Waals surface area contributed by atoms with Gasteiger partial charge in [0.15, 0.2) is 11.5 Å². The lowest BCUT2D eigenvalue weighted by Crippen LogP contribution is -2.31. The summed E-state index contributed by atoms with van der Waals surface area (Å²) >= 11 is 0. The van der Waals surface area contributed by atoms with Crippen LogP contribution in [0.3, 0.4) is 0 Å². The summed E-state index contributed by atoms with van der Waals surface area (Å²) in [6.07, 6.45) is 5.57. The molecule has 1 atom stereocenters. The Morgan fingerprint density at radius 2 is 1.92 bits per heavy atom. The Kier molecular flexibility index (Phi) is 6.11. The molecule has 11 nitrogen and oxygen atoms in total. The summed E-state index contributed by atoms with van der Waals surface area (Å²) in [7, 11) is 0. The highest BCUT2D eigenvalue weighted by atomic mass is 16.6. The van der Waals surface area contributed by atoms with Gasteiger partial charge in [0.05, 0.1) is 22.9 Å². The smallest absolute Gasteiger partial charge is 0.295 e. The second-order valence-electron chi connectivity index (χ2n) is 8.36. The minimum absolute atomic E-state index is 0.139. The number of non-ortho nitro benzene ring substituents is 1. The van der Waals surface area contributed by atoms with Crippen molar-refractivity contribution in [2.45, 2.75) is 19.0 Å². The van der Waals surface area contributed by atoms with Crippen LogP contribution in [0.1, 0.15) is 23.6 Å². The number of ketones is 1. The number of ether oxygens (including phenoxy) is 2. The van der Waals surface area contributed by atoms with Crippen molar-refractivity contribution < 1.29 is 29.1 Å². The van der Waals surface area contributed by atoms with Gasteiger partial charge in [0.1, 0.15) is 19.0 Å². The Balaban J connectivity index is 1.56. The molecule has 1 aromatic heterocycles. The molecule has 0 saturated carbocycles. The van der Waals surface area contributed by atoms with Gasteiger partial charge in [-0.15, -0.1) is 0 Å². The van der Waals surface area contributed by atoms with Gasteiger partial charge >= 0.3 is 0 Å². The van der Waals surface area contributed by atoms with Gasteiger partial charge in [-0.3, -0.25) is 19.7 Å². The molecule has 1 amide bonds. The number of nitro groups is 1. The third-order valence-electron chi connectivity index (χ3n) is 6.13. The molecule has 3 heterocycles. The van der Waals surface area contributed by atoms with Gasteiger partial charge in [-0.05, 0) is 30.2 Å². The monoisotopic (exact) mass is 490 g/mol. The number of rotatable bonds is 7. The number of likely N-dealkylation sites (tertiary alicyclic amines) is 1. The molecule has 1 saturated heterocycles. The highest BCUT2D eigenvalue weighted by Gasteiger charge is 2.46. The molecule has 36 heavy (non-hydrogen) atoms. The van der Waals surface area contributed by atoms with Crippen molar-refractivity contribution in [2.75, 3.05) is 19.8 Å². The number of nitrogens with zero attached hydrogens (tertiary/aromatic N) is 4. The number of hydrogen-bond acceptors (Lipinski definition) is 8. The fourth-order valence-electron chi connectivity index (χ4n) is 4.45. The van der Waals surface area contributed by atoms with E-state index in [4.69, 9.17) is 9.47 Å². The molecule has 2 aromatic carbocycles. The molecule has 0 spiro atoms. The first-order valence-corrected chi connectivity index (χ1v) is 11.3. The Morgan fingerprint density at radius 3 is 2.67 bits per heavy atom. The maximum Gasteiger partial charge on any atom is 0.295 e. The Hall–Kier alpha value is -4.67. The quantitative estimate of drug-likeness (QED) is 0.175. The summed E-state index contributed by atoms with van der Waals surface area (Å²) in [5.74, 6) is -1.11. The number of carbonyl (C=O) groups excluding carboxylic acids is 2. The maximum atomic E-state index is 13.2. The number of fused-ring (bicyclic) bond motifs is 1. The Morgan fingerprint density at radius 1 is 1.11 bits per heavy atom. The van der Waals surface area contributed by atoms with Crippen LogP contribution in [0.5, 0.6) is 11.5 Å².